The van der Waals surface area contributed by atoms with Gasteiger partial charge in [-0.05, 0) is 5.56 Å². The summed E-state index contributed by atoms with van der Waals surface area (Å²) >= 11 is 0. The van der Waals surface area contributed by atoms with E-state index in [2.05, 4.69) is 15.6 Å². The third-order valence-corrected chi connectivity index (χ3v) is 2.42. The van der Waals surface area contributed by atoms with Crippen LogP contribution in [-0.2, 0) is 13.6 Å². The van der Waals surface area contributed by atoms with Crippen LogP contribution in [-0.4, -0.2) is 19.1 Å². The fourth-order valence-electron chi connectivity index (χ4n) is 0.664. The van der Waals surface area contributed by atoms with Crippen LogP contribution in [0.3, 0.4) is 0 Å². The molecule has 15 heavy (non-hydrogen) atoms. The molecule has 1 N–H and O–H groups in total. The highest BCUT2D eigenvalue weighted by Crippen LogP contribution is 2.40. The average molecular weight is 230 g/mol. The zero-order valence-corrected chi connectivity index (χ0v) is 9.68. The summed E-state index contributed by atoms with van der Waals surface area (Å²) in [5.41, 5.74) is 1.17. The van der Waals surface area contributed by atoms with Crippen molar-refractivity contribution in [1.29, 1.82) is 0 Å². The van der Waals surface area contributed by atoms with Crippen molar-refractivity contribution >= 4 is 13.9 Å². The number of rotatable bonds is 3. The van der Waals surface area contributed by atoms with Crippen molar-refractivity contribution < 1.29 is 18.5 Å². The van der Waals surface area contributed by atoms with E-state index in [1.807, 2.05) is 36.4 Å². The van der Waals surface area contributed by atoms with Gasteiger partial charge in [0.1, 0.15) is 0 Å². The van der Waals surface area contributed by atoms with E-state index in [-0.39, 0.29) is 0 Å². The van der Waals surface area contributed by atoms with E-state index in [0.717, 1.165) is 14.2 Å². The molecule has 0 atom stereocenters. The molecule has 0 aliphatic carbocycles. The Kier molecular flexibility index (Phi) is 6.92. The van der Waals surface area contributed by atoms with Gasteiger partial charge in [0, 0.05) is 14.2 Å². The van der Waals surface area contributed by atoms with Gasteiger partial charge in [-0.3, -0.25) is 9.05 Å². The van der Waals surface area contributed by atoms with Crippen LogP contribution < -0.4 is 0 Å². The first-order valence-corrected chi connectivity index (χ1v) is 5.67. The van der Waals surface area contributed by atoms with Gasteiger partial charge in [-0.15, -0.1) is 0 Å². The van der Waals surface area contributed by atoms with Crippen LogP contribution >= 0.6 is 7.82 Å². The number of hydrogen-bond acceptors (Lipinski definition) is 3. The van der Waals surface area contributed by atoms with E-state index in [0.29, 0.717) is 0 Å². The van der Waals surface area contributed by atoms with E-state index >= 15 is 0 Å². The van der Waals surface area contributed by atoms with Gasteiger partial charge in [-0.1, -0.05) is 43.0 Å². The molecule has 0 saturated carbocycles. The van der Waals surface area contributed by atoms with E-state index in [1.54, 1.807) is 0 Å². The minimum absolute atomic E-state index is 1.10. The van der Waals surface area contributed by atoms with Crippen molar-refractivity contribution in [2.75, 3.05) is 14.2 Å². The van der Waals surface area contributed by atoms with E-state index in [9.17, 15) is 4.57 Å². The Bertz CT molecular complexity index is 315. The average Bonchev–Trinajstić information content (AvgIpc) is 2.31. The van der Waals surface area contributed by atoms with E-state index < -0.39 is 7.82 Å². The Morgan fingerprint density at radius 1 is 1.27 bits per heavy atom. The Labute approximate surface area is 89.8 Å². The predicted molar refractivity (Wildman–Crippen MR) is 60.4 cm³/mol. The van der Waals surface area contributed by atoms with Crippen LogP contribution in [0.5, 0.6) is 0 Å². The van der Waals surface area contributed by atoms with Gasteiger partial charge in [0.15, 0.2) is 0 Å². The number of phosphoric acid groups is 1. The maximum atomic E-state index is 10.1. The van der Waals surface area contributed by atoms with E-state index in [1.165, 1.54) is 5.56 Å². The third kappa shape index (κ3) is 7.05. The zero-order valence-electron chi connectivity index (χ0n) is 8.79. The van der Waals surface area contributed by atoms with Crippen LogP contribution in [0.25, 0.3) is 6.08 Å². The first-order chi connectivity index (χ1) is 7.05. The Hall–Kier alpha value is -0.930. The molecule has 0 amide bonds. The lowest BCUT2D eigenvalue weighted by Gasteiger charge is -2.01. The summed E-state index contributed by atoms with van der Waals surface area (Å²) in [5.74, 6) is 0. The van der Waals surface area contributed by atoms with Crippen LogP contribution in [0.15, 0.2) is 36.9 Å². The molecule has 1 aromatic rings. The molecule has 0 heterocycles. The van der Waals surface area contributed by atoms with Gasteiger partial charge in [-0.25, -0.2) is 4.57 Å². The largest absolute Gasteiger partial charge is 0.471 e. The first-order valence-electron chi connectivity index (χ1n) is 4.17. The molecule has 5 heteroatoms. The molecule has 0 spiro atoms. The second-order valence-electron chi connectivity index (χ2n) is 2.45. The molecule has 0 bridgehead atoms. The predicted octanol–water partition coefficient (Wildman–Crippen LogP) is 2.71. The number of phosphoric ester groups is 1. The van der Waals surface area contributed by atoms with Gasteiger partial charge in [0.05, 0.1) is 0 Å². The molecule has 0 aromatic heterocycles. The van der Waals surface area contributed by atoms with Crippen molar-refractivity contribution in [2.24, 2.45) is 0 Å². The summed E-state index contributed by atoms with van der Waals surface area (Å²) in [5, 5.41) is 0. The molecule has 0 fully saturated rings. The Morgan fingerprint density at radius 2 is 1.73 bits per heavy atom. The summed E-state index contributed by atoms with van der Waals surface area (Å²) < 4.78 is 18.0. The monoisotopic (exact) mass is 230 g/mol. The van der Waals surface area contributed by atoms with Crippen LogP contribution in [0, 0.1) is 0 Å². The van der Waals surface area contributed by atoms with Gasteiger partial charge in [0.25, 0.3) is 0 Å². The molecule has 1 aromatic carbocycles. The highest BCUT2D eigenvalue weighted by molar-refractivity contribution is 7.47. The molecule has 0 radical (unpaired) electrons. The highest BCUT2D eigenvalue weighted by atomic mass is 31.2. The lowest BCUT2D eigenvalue weighted by Crippen LogP contribution is -1.83. The van der Waals surface area contributed by atoms with Crippen molar-refractivity contribution in [2.45, 2.75) is 0 Å². The van der Waals surface area contributed by atoms with Gasteiger partial charge >= 0.3 is 7.82 Å². The maximum Gasteiger partial charge on any atom is 0.471 e. The normalized spacial score (nSPS) is 10.1. The summed E-state index contributed by atoms with van der Waals surface area (Å²) in [7, 11) is -1.45. The molecular weight excluding hydrogens is 215 g/mol. The summed E-state index contributed by atoms with van der Waals surface area (Å²) in [6.07, 6.45) is 1.83. The molecule has 0 saturated heterocycles. The SMILES string of the molecule is C=Cc1ccccc1.COP(=O)(O)OC. The molecule has 84 valence electrons. The van der Waals surface area contributed by atoms with Gasteiger partial charge in [-0.2, -0.15) is 0 Å². The molecule has 0 aliphatic heterocycles. The quantitative estimate of drug-likeness (QED) is 0.811. The minimum Gasteiger partial charge on any atom is -0.303 e. The summed E-state index contributed by atoms with van der Waals surface area (Å²) in [6.45, 7) is 3.63. The fraction of sp³-hybridized carbons (Fsp3) is 0.200. The van der Waals surface area contributed by atoms with Crippen LogP contribution in [0.2, 0.25) is 0 Å². The second kappa shape index (κ2) is 7.37. The van der Waals surface area contributed by atoms with Crippen molar-refractivity contribution in [1.82, 2.24) is 0 Å². The molecule has 4 nitrogen and oxygen atoms in total. The van der Waals surface area contributed by atoms with Crippen molar-refractivity contribution in [3.05, 3.63) is 42.5 Å². The standard InChI is InChI=1S/C8H8.C2H7O4P/c1-2-8-6-4-3-5-7-8;1-5-7(3,4)6-2/h2-7H,1H2;1-2H3,(H,3,4). The second-order valence-corrected chi connectivity index (χ2v) is 4.12. The Balaban J connectivity index is 0.000000265. The molecule has 0 aliphatic rings. The van der Waals surface area contributed by atoms with Crippen molar-refractivity contribution in [3.8, 4) is 0 Å². The van der Waals surface area contributed by atoms with Crippen LogP contribution in [0.4, 0.5) is 0 Å². The van der Waals surface area contributed by atoms with Crippen LogP contribution in [0.1, 0.15) is 5.56 Å². The Morgan fingerprint density at radius 3 is 1.93 bits per heavy atom. The number of hydrogen-bond donors (Lipinski definition) is 1. The topological polar surface area (TPSA) is 55.8 Å². The lowest BCUT2D eigenvalue weighted by atomic mass is 10.2. The smallest absolute Gasteiger partial charge is 0.303 e. The highest BCUT2D eigenvalue weighted by Gasteiger charge is 2.13. The molecular formula is C10H15O4P. The summed E-state index contributed by atoms with van der Waals surface area (Å²) in [6, 6.07) is 10.0. The van der Waals surface area contributed by atoms with E-state index in [4.69, 9.17) is 4.89 Å². The number of benzene rings is 1. The first kappa shape index (κ1) is 14.1. The fourth-order valence-corrected chi connectivity index (χ4v) is 0.813. The van der Waals surface area contributed by atoms with Gasteiger partial charge in [0.2, 0.25) is 0 Å². The molecule has 1 rings (SSSR count). The zero-order chi connectivity index (χ0) is 11.7. The lowest BCUT2D eigenvalue weighted by molar-refractivity contribution is 0.204. The van der Waals surface area contributed by atoms with Crippen molar-refractivity contribution in [3.63, 3.8) is 0 Å². The molecule has 0 unspecified atom stereocenters. The minimum atomic E-state index is -3.65. The third-order valence-electron chi connectivity index (χ3n) is 1.50. The van der Waals surface area contributed by atoms with Gasteiger partial charge < -0.3 is 4.89 Å². The maximum absolute atomic E-state index is 10.1. The summed E-state index contributed by atoms with van der Waals surface area (Å²) in [4.78, 5) is 8.24.